The van der Waals surface area contributed by atoms with E-state index in [-0.39, 0.29) is 31.2 Å². The van der Waals surface area contributed by atoms with Gasteiger partial charge in [-0.05, 0) is 47.9 Å². The highest BCUT2D eigenvalue weighted by Crippen LogP contribution is 2.31. The highest BCUT2D eigenvalue weighted by atomic mass is 32.2. The minimum atomic E-state index is -4.42. The molecule has 1 fully saturated rings. The van der Waals surface area contributed by atoms with Crippen LogP contribution < -0.4 is 10.1 Å². The first-order valence-electron chi connectivity index (χ1n) is 12.4. The summed E-state index contributed by atoms with van der Waals surface area (Å²) < 4.78 is 77.0. The van der Waals surface area contributed by atoms with E-state index in [9.17, 15) is 31.5 Å². The topological polar surface area (TPSA) is 109 Å². The van der Waals surface area contributed by atoms with Gasteiger partial charge in [0.25, 0.3) is 10.0 Å². The summed E-state index contributed by atoms with van der Waals surface area (Å²) in [6, 6.07) is 18.2. The average molecular weight is 575 g/mol. The van der Waals surface area contributed by atoms with E-state index in [0.29, 0.717) is 27.8 Å². The van der Waals surface area contributed by atoms with Crippen LogP contribution in [0.15, 0.2) is 88.4 Å². The van der Waals surface area contributed by atoms with E-state index < -0.39 is 39.8 Å². The summed E-state index contributed by atoms with van der Waals surface area (Å²) in [6.07, 6.45) is -5.52. The van der Waals surface area contributed by atoms with Crippen molar-refractivity contribution in [3.63, 3.8) is 0 Å². The zero-order chi connectivity index (χ0) is 28.5. The normalized spacial score (nSPS) is 18.2. The van der Waals surface area contributed by atoms with Gasteiger partial charge < -0.3 is 19.6 Å². The maximum Gasteiger partial charge on any atom is 0.416 e. The molecule has 0 spiro atoms. The quantitative estimate of drug-likeness (QED) is 0.322. The molecule has 4 aromatic rings. The van der Waals surface area contributed by atoms with Gasteiger partial charge in [-0.25, -0.2) is 8.42 Å². The molecule has 210 valence electrons. The summed E-state index contributed by atoms with van der Waals surface area (Å²) in [5, 5.41) is 13.4. The van der Waals surface area contributed by atoms with Crippen molar-refractivity contribution in [2.75, 3.05) is 6.54 Å². The van der Waals surface area contributed by atoms with E-state index >= 15 is 0 Å². The number of benzene rings is 3. The summed E-state index contributed by atoms with van der Waals surface area (Å²) in [7, 11) is -4.20. The number of para-hydroxylation sites is 1. The second-order valence-electron chi connectivity index (χ2n) is 9.37. The third kappa shape index (κ3) is 5.83. The lowest BCUT2D eigenvalue weighted by Crippen LogP contribution is -2.49. The lowest BCUT2D eigenvalue weighted by atomic mass is 10.1. The highest BCUT2D eigenvalue weighted by molar-refractivity contribution is 7.89. The van der Waals surface area contributed by atoms with Crippen LogP contribution in [-0.2, 0) is 34.1 Å². The van der Waals surface area contributed by atoms with E-state index in [2.05, 4.69) is 5.32 Å². The first kappa shape index (κ1) is 27.7. The number of nitrogens with one attached hydrogen (secondary N) is 1. The van der Waals surface area contributed by atoms with Crippen LogP contribution in [0.25, 0.3) is 11.0 Å². The number of hydrogen-bond donors (Lipinski definition) is 2. The summed E-state index contributed by atoms with van der Waals surface area (Å²) in [4.78, 5) is 13.1. The van der Waals surface area contributed by atoms with Gasteiger partial charge in [0.05, 0.1) is 11.7 Å². The van der Waals surface area contributed by atoms with Crippen molar-refractivity contribution < 1.29 is 40.6 Å². The van der Waals surface area contributed by atoms with Gasteiger partial charge in [-0.1, -0.05) is 42.5 Å². The Morgan fingerprint density at radius 2 is 1.77 bits per heavy atom. The summed E-state index contributed by atoms with van der Waals surface area (Å²) in [6.45, 7) is 0.0147. The number of carbonyl (C=O) groups is 1. The molecule has 1 aliphatic rings. The fourth-order valence-electron chi connectivity index (χ4n) is 4.52. The van der Waals surface area contributed by atoms with E-state index in [0.717, 1.165) is 16.4 Å². The minimum absolute atomic E-state index is 0.0259. The Hall–Kier alpha value is -3.87. The largest absolute Gasteiger partial charge is 0.489 e. The van der Waals surface area contributed by atoms with Gasteiger partial charge >= 0.3 is 6.18 Å². The number of aliphatic hydroxyl groups excluding tert-OH is 1. The van der Waals surface area contributed by atoms with Crippen LogP contribution in [0.5, 0.6) is 5.75 Å². The lowest BCUT2D eigenvalue weighted by Gasteiger charge is -2.23. The molecule has 8 nitrogen and oxygen atoms in total. The smallest absolute Gasteiger partial charge is 0.416 e. The monoisotopic (exact) mass is 574 g/mol. The second kappa shape index (κ2) is 11.0. The molecule has 1 aromatic heterocycles. The number of aliphatic hydroxyl groups is 1. The van der Waals surface area contributed by atoms with Crippen LogP contribution in [0.2, 0.25) is 0 Å². The molecule has 0 saturated carbocycles. The predicted molar refractivity (Wildman–Crippen MR) is 139 cm³/mol. The van der Waals surface area contributed by atoms with Crippen LogP contribution in [0.1, 0.15) is 23.1 Å². The number of sulfonamides is 1. The van der Waals surface area contributed by atoms with Gasteiger partial charge in [0.2, 0.25) is 11.0 Å². The molecular formula is C28H25F3N2O6S. The first-order chi connectivity index (χ1) is 19.0. The van der Waals surface area contributed by atoms with Gasteiger partial charge in [0, 0.05) is 24.5 Å². The Bertz CT molecular complexity index is 1590. The number of hydrogen-bond acceptors (Lipinski definition) is 6. The number of amides is 1. The van der Waals surface area contributed by atoms with Crippen molar-refractivity contribution in [1.82, 2.24) is 9.62 Å². The first-order valence-corrected chi connectivity index (χ1v) is 13.8. The number of ether oxygens (including phenoxy) is 1. The second-order valence-corrected chi connectivity index (χ2v) is 11.2. The molecule has 3 aromatic carbocycles. The Morgan fingerprint density at radius 3 is 2.50 bits per heavy atom. The standard InChI is InChI=1S/C28H25F3N2O6S/c29-28(30,31)21-10-8-18(9-11-21)17-38-22-6-3-4-19(14-22)16-32-27(35)26-23(34)12-13-33(26)40(36,37)25-15-20-5-1-2-7-24(20)39-25/h1-11,14-15,23,26,34H,12-13,16-17H2,(H,32,35)/t23?,26-/m0/s1. The van der Waals surface area contributed by atoms with Crippen molar-refractivity contribution in [3.8, 4) is 5.75 Å². The summed E-state index contributed by atoms with van der Waals surface area (Å²) >= 11 is 0. The predicted octanol–water partition coefficient (Wildman–Crippen LogP) is 4.47. The third-order valence-electron chi connectivity index (χ3n) is 6.61. The molecule has 12 heteroatoms. The van der Waals surface area contributed by atoms with Crippen molar-refractivity contribution in [2.45, 2.75) is 43.0 Å². The number of carbonyl (C=O) groups excluding carboxylic acids is 1. The van der Waals surface area contributed by atoms with Crippen molar-refractivity contribution >= 4 is 26.9 Å². The number of fused-ring (bicyclic) bond motifs is 1. The number of furan rings is 1. The number of rotatable bonds is 8. The molecule has 2 heterocycles. The van der Waals surface area contributed by atoms with Crippen molar-refractivity contribution in [2.24, 2.45) is 0 Å². The van der Waals surface area contributed by atoms with Crippen LogP contribution in [-0.4, -0.2) is 42.4 Å². The Kier molecular flexibility index (Phi) is 7.58. The van der Waals surface area contributed by atoms with E-state index in [1.54, 1.807) is 48.5 Å². The van der Waals surface area contributed by atoms with E-state index in [1.165, 1.54) is 18.2 Å². The van der Waals surface area contributed by atoms with Gasteiger partial charge in [-0.2, -0.15) is 17.5 Å². The molecule has 0 radical (unpaired) electrons. The zero-order valence-electron chi connectivity index (χ0n) is 21.0. The Labute approximate surface area is 228 Å². The molecular weight excluding hydrogens is 549 g/mol. The van der Waals surface area contributed by atoms with Crippen LogP contribution in [0.4, 0.5) is 13.2 Å². The molecule has 40 heavy (non-hydrogen) atoms. The minimum Gasteiger partial charge on any atom is -0.489 e. The molecule has 2 atom stereocenters. The van der Waals surface area contributed by atoms with Crippen molar-refractivity contribution in [3.05, 3.63) is 95.6 Å². The fraction of sp³-hybridized carbons (Fsp3) is 0.250. The molecule has 1 amide bonds. The maximum absolute atomic E-state index is 13.3. The maximum atomic E-state index is 13.3. The fourth-order valence-corrected chi connectivity index (χ4v) is 6.10. The van der Waals surface area contributed by atoms with E-state index in [4.69, 9.17) is 9.15 Å². The SMILES string of the molecule is O=C(NCc1cccc(OCc2ccc(C(F)(F)F)cc2)c1)[C@@H]1C(O)CCN1S(=O)(=O)c1cc2ccccc2o1. The Morgan fingerprint density at radius 1 is 1.02 bits per heavy atom. The molecule has 1 aliphatic heterocycles. The Balaban J connectivity index is 1.22. The van der Waals surface area contributed by atoms with Gasteiger partial charge in [-0.15, -0.1) is 0 Å². The number of halogens is 3. The molecule has 0 bridgehead atoms. The highest BCUT2D eigenvalue weighted by Gasteiger charge is 2.46. The van der Waals surface area contributed by atoms with Crippen molar-refractivity contribution in [1.29, 1.82) is 0 Å². The third-order valence-corrected chi connectivity index (χ3v) is 8.34. The molecule has 1 saturated heterocycles. The van der Waals surface area contributed by atoms with Crippen LogP contribution in [0.3, 0.4) is 0 Å². The molecule has 0 aliphatic carbocycles. The van der Waals surface area contributed by atoms with Crippen LogP contribution in [0, 0.1) is 0 Å². The van der Waals surface area contributed by atoms with Gasteiger partial charge in [-0.3, -0.25) is 4.79 Å². The van der Waals surface area contributed by atoms with Gasteiger partial charge in [0.1, 0.15) is 24.0 Å². The van der Waals surface area contributed by atoms with Gasteiger partial charge in [0.15, 0.2) is 0 Å². The molecule has 2 N–H and O–H groups in total. The summed E-state index contributed by atoms with van der Waals surface area (Å²) in [5.41, 5.74) is 0.831. The van der Waals surface area contributed by atoms with Crippen LogP contribution >= 0.6 is 0 Å². The average Bonchev–Trinajstić information content (AvgIpc) is 3.55. The number of alkyl halides is 3. The number of nitrogens with zero attached hydrogens (tertiary/aromatic N) is 1. The van der Waals surface area contributed by atoms with E-state index in [1.807, 2.05) is 0 Å². The lowest BCUT2D eigenvalue weighted by molar-refractivity contribution is -0.137. The molecule has 5 rings (SSSR count). The molecule has 1 unspecified atom stereocenters. The summed E-state index contributed by atoms with van der Waals surface area (Å²) in [5.74, 6) is -0.234. The zero-order valence-corrected chi connectivity index (χ0v) is 21.8.